The summed E-state index contributed by atoms with van der Waals surface area (Å²) < 4.78 is 0. The Bertz CT molecular complexity index is 337. The average Bonchev–Trinajstić information content (AvgIpc) is 2.76. The van der Waals surface area contributed by atoms with Crippen LogP contribution >= 0.6 is 0 Å². The van der Waals surface area contributed by atoms with E-state index in [1.54, 1.807) is 0 Å². The molecule has 19 heavy (non-hydrogen) atoms. The second-order valence-electron chi connectivity index (χ2n) is 7.30. The van der Waals surface area contributed by atoms with E-state index in [-0.39, 0.29) is 5.41 Å². The fourth-order valence-electron chi connectivity index (χ4n) is 4.48. The minimum absolute atomic E-state index is 0.0725. The van der Waals surface area contributed by atoms with Crippen LogP contribution in [0.1, 0.15) is 64.7 Å². The van der Waals surface area contributed by atoms with Gasteiger partial charge >= 0.3 is 0 Å². The van der Waals surface area contributed by atoms with Gasteiger partial charge in [-0.3, -0.25) is 4.79 Å². The predicted molar refractivity (Wildman–Crippen MR) is 76.9 cm³/mol. The third kappa shape index (κ3) is 2.54. The Morgan fingerprint density at radius 2 is 1.68 bits per heavy atom. The molecule has 2 heterocycles. The normalized spacial score (nSPS) is 37.1. The molecule has 2 atom stereocenters. The van der Waals surface area contributed by atoms with Gasteiger partial charge in [0.15, 0.2) is 0 Å². The zero-order chi connectivity index (χ0) is 13.5. The lowest BCUT2D eigenvalue weighted by molar-refractivity contribution is -0.144. The molecular weight excluding hydrogens is 236 g/mol. The van der Waals surface area contributed by atoms with Gasteiger partial charge in [0.2, 0.25) is 5.91 Å². The van der Waals surface area contributed by atoms with E-state index < -0.39 is 0 Å². The third-order valence-corrected chi connectivity index (χ3v) is 5.79. The summed E-state index contributed by atoms with van der Waals surface area (Å²) in [6.45, 7) is 2.20. The first-order chi connectivity index (χ1) is 9.08. The number of rotatable bonds is 2. The van der Waals surface area contributed by atoms with E-state index in [9.17, 15) is 4.79 Å². The molecule has 3 rings (SSSR count). The van der Waals surface area contributed by atoms with Crippen molar-refractivity contribution in [1.82, 2.24) is 10.2 Å². The van der Waals surface area contributed by atoms with E-state index in [1.165, 1.54) is 32.1 Å². The Labute approximate surface area is 117 Å². The minimum atomic E-state index is -0.0725. The monoisotopic (exact) mass is 264 g/mol. The molecule has 1 aliphatic carbocycles. The minimum Gasteiger partial charge on any atom is -0.342 e. The summed E-state index contributed by atoms with van der Waals surface area (Å²) in [7, 11) is 2.05. The highest BCUT2D eigenvalue weighted by molar-refractivity contribution is 5.82. The van der Waals surface area contributed by atoms with Crippen LogP contribution in [-0.2, 0) is 4.79 Å². The Morgan fingerprint density at radius 3 is 2.26 bits per heavy atom. The Morgan fingerprint density at radius 1 is 1.11 bits per heavy atom. The van der Waals surface area contributed by atoms with Crippen molar-refractivity contribution in [3.05, 3.63) is 0 Å². The third-order valence-electron chi connectivity index (χ3n) is 5.79. The van der Waals surface area contributed by atoms with Crippen molar-refractivity contribution in [1.29, 1.82) is 0 Å². The summed E-state index contributed by atoms with van der Waals surface area (Å²) in [6.07, 6.45) is 10.9. The van der Waals surface area contributed by atoms with Gasteiger partial charge in [-0.25, -0.2) is 0 Å². The second-order valence-corrected chi connectivity index (χ2v) is 7.30. The number of carbonyl (C=O) groups excluding carboxylic acids is 1. The first kappa shape index (κ1) is 13.4. The van der Waals surface area contributed by atoms with E-state index >= 15 is 0 Å². The van der Waals surface area contributed by atoms with E-state index in [2.05, 4.69) is 24.2 Å². The van der Waals surface area contributed by atoms with Crippen molar-refractivity contribution in [2.75, 3.05) is 7.05 Å². The number of piperidine rings is 1. The summed E-state index contributed by atoms with van der Waals surface area (Å²) in [5, 5.41) is 3.67. The topological polar surface area (TPSA) is 32.3 Å². The summed E-state index contributed by atoms with van der Waals surface area (Å²) in [4.78, 5) is 15.0. The zero-order valence-corrected chi connectivity index (χ0v) is 12.5. The van der Waals surface area contributed by atoms with Crippen LogP contribution < -0.4 is 5.32 Å². The number of nitrogens with one attached hydrogen (secondary N) is 1. The van der Waals surface area contributed by atoms with Gasteiger partial charge in [-0.1, -0.05) is 26.2 Å². The Hall–Kier alpha value is -0.570. The number of carbonyl (C=O) groups is 1. The standard InChI is InChI=1S/C16H28N2O/c1-16(8-4-3-5-9-16)15(19)18(2)14-10-12-6-7-13(11-14)17-12/h12-14,17H,3-11H2,1-2H3. The van der Waals surface area contributed by atoms with Crippen LogP contribution in [0.4, 0.5) is 0 Å². The Balaban J connectivity index is 1.66. The van der Waals surface area contributed by atoms with Gasteiger partial charge in [-0.15, -0.1) is 0 Å². The molecule has 0 aromatic rings. The van der Waals surface area contributed by atoms with Crippen LogP contribution in [0.15, 0.2) is 0 Å². The van der Waals surface area contributed by atoms with E-state index in [0.29, 0.717) is 24.0 Å². The maximum atomic E-state index is 12.9. The predicted octanol–water partition coefficient (Wildman–Crippen LogP) is 2.70. The maximum Gasteiger partial charge on any atom is 0.228 e. The van der Waals surface area contributed by atoms with Gasteiger partial charge in [-0.05, 0) is 38.5 Å². The maximum absolute atomic E-state index is 12.9. The molecule has 0 aromatic carbocycles. The summed E-state index contributed by atoms with van der Waals surface area (Å²) >= 11 is 0. The molecule has 0 spiro atoms. The lowest BCUT2D eigenvalue weighted by atomic mass is 9.74. The SMILES string of the molecule is CN(C(=O)C1(C)CCCCC1)C1CC2CCC(C1)N2. The molecule has 108 valence electrons. The van der Waals surface area contributed by atoms with Crippen LogP contribution in [0, 0.1) is 5.41 Å². The quantitative estimate of drug-likeness (QED) is 0.831. The van der Waals surface area contributed by atoms with E-state index in [0.717, 1.165) is 25.7 Å². The van der Waals surface area contributed by atoms with Gasteiger partial charge in [-0.2, -0.15) is 0 Å². The Kier molecular flexibility index (Phi) is 3.59. The van der Waals surface area contributed by atoms with Crippen molar-refractivity contribution in [3.8, 4) is 0 Å². The molecule has 0 aromatic heterocycles. The smallest absolute Gasteiger partial charge is 0.228 e. The van der Waals surface area contributed by atoms with Crippen molar-refractivity contribution >= 4 is 5.91 Å². The van der Waals surface area contributed by atoms with Crippen LogP contribution in [0.3, 0.4) is 0 Å². The number of amides is 1. The highest BCUT2D eigenvalue weighted by atomic mass is 16.2. The number of hydrogen-bond acceptors (Lipinski definition) is 2. The molecule has 1 N–H and O–H groups in total. The number of hydrogen-bond donors (Lipinski definition) is 1. The molecule has 0 radical (unpaired) electrons. The van der Waals surface area contributed by atoms with Crippen molar-refractivity contribution < 1.29 is 4.79 Å². The first-order valence-corrected chi connectivity index (χ1v) is 8.12. The van der Waals surface area contributed by atoms with Gasteiger partial charge < -0.3 is 10.2 Å². The van der Waals surface area contributed by atoms with E-state index in [1.807, 2.05) is 0 Å². The first-order valence-electron chi connectivity index (χ1n) is 8.12. The number of fused-ring (bicyclic) bond motifs is 2. The fraction of sp³-hybridized carbons (Fsp3) is 0.938. The number of nitrogens with zero attached hydrogens (tertiary/aromatic N) is 1. The zero-order valence-electron chi connectivity index (χ0n) is 12.5. The molecule has 3 nitrogen and oxygen atoms in total. The van der Waals surface area contributed by atoms with Crippen molar-refractivity contribution in [2.45, 2.75) is 82.8 Å². The molecule has 2 unspecified atom stereocenters. The van der Waals surface area contributed by atoms with Crippen LogP contribution in [0.2, 0.25) is 0 Å². The molecule has 2 saturated heterocycles. The van der Waals surface area contributed by atoms with E-state index in [4.69, 9.17) is 0 Å². The van der Waals surface area contributed by atoms with Crippen molar-refractivity contribution in [2.24, 2.45) is 5.41 Å². The van der Waals surface area contributed by atoms with Crippen LogP contribution in [0.5, 0.6) is 0 Å². The molecule has 1 amide bonds. The van der Waals surface area contributed by atoms with Gasteiger partial charge in [0.1, 0.15) is 0 Å². The average molecular weight is 264 g/mol. The molecule has 2 bridgehead atoms. The summed E-state index contributed by atoms with van der Waals surface area (Å²) in [5.74, 6) is 0.415. The lowest BCUT2D eigenvalue weighted by Gasteiger charge is -2.41. The van der Waals surface area contributed by atoms with Gasteiger partial charge in [0.05, 0.1) is 0 Å². The van der Waals surface area contributed by atoms with Crippen LogP contribution in [0.25, 0.3) is 0 Å². The second kappa shape index (κ2) is 5.08. The van der Waals surface area contributed by atoms with Crippen LogP contribution in [-0.4, -0.2) is 36.0 Å². The van der Waals surface area contributed by atoms with Gasteiger partial charge in [0, 0.05) is 30.6 Å². The molecular formula is C16H28N2O. The largest absolute Gasteiger partial charge is 0.342 e. The summed E-state index contributed by atoms with van der Waals surface area (Å²) in [5.41, 5.74) is -0.0725. The molecule has 2 aliphatic heterocycles. The molecule has 3 aliphatic rings. The highest BCUT2D eigenvalue weighted by Crippen LogP contribution is 2.39. The molecule has 3 heteroatoms. The molecule has 3 fully saturated rings. The van der Waals surface area contributed by atoms with Gasteiger partial charge in [0.25, 0.3) is 0 Å². The highest BCUT2D eigenvalue weighted by Gasteiger charge is 2.41. The fourth-order valence-corrected chi connectivity index (χ4v) is 4.48. The molecule has 1 saturated carbocycles. The summed E-state index contributed by atoms with van der Waals surface area (Å²) in [6, 6.07) is 1.81. The lowest BCUT2D eigenvalue weighted by Crippen LogP contribution is -2.52. The van der Waals surface area contributed by atoms with Crippen molar-refractivity contribution in [3.63, 3.8) is 0 Å².